The second kappa shape index (κ2) is 9.12. The number of nitrogens with zero attached hydrogens (tertiary/aromatic N) is 1. The minimum atomic E-state index is -3.34. The van der Waals surface area contributed by atoms with Gasteiger partial charge in [0.1, 0.15) is 0 Å². The van der Waals surface area contributed by atoms with Gasteiger partial charge in [-0.2, -0.15) is 0 Å². The maximum absolute atomic E-state index is 12.8. The van der Waals surface area contributed by atoms with Gasteiger partial charge in [0.05, 0.1) is 26.4 Å². The van der Waals surface area contributed by atoms with Crippen molar-refractivity contribution in [3.8, 4) is 11.3 Å². The van der Waals surface area contributed by atoms with Crippen molar-refractivity contribution in [2.24, 2.45) is 17.8 Å². The van der Waals surface area contributed by atoms with Crippen LogP contribution >= 0.6 is 23.2 Å². The number of pyridine rings is 1. The van der Waals surface area contributed by atoms with Gasteiger partial charge in [0.25, 0.3) is 0 Å². The molecule has 0 spiro atoms. The summed E-state index contributed by atoms with van der Waals surface area (Å²) in [6.45, 7) is 2.26. The third kappa shape index (κ3) is 5.07. The quantitative estimate of drug-likeness (QED) is 0.663. The molecular weight excluding hydrogens is 417 g/mol. The summed E-state index contributed by atoms with van der Waals surface area (Å²) in [5.41, 5.74) is 1.32. The van der Waals surface area contributed by atoms with Gasteiger partial charge < -0.3 is 5.11 Å². The predicted molar refractivity (Wildman–Crippen MR) is 113 cm³/mol. The molecular formula is C21H25Cl2NO3S. The molecule has 0 aliphatic heterocycles. The van der Waals surface area contributed by atoms with Crippen molar-refractivity contribution >= 4 is 33.0 Å². The Morgan fingerprint density at radius 3 is 2.36 bits per heavy atom. The first-order valence-electron chi connectivity index (χ1n) is 9.55. The van der Waals surface area contributed by atoms with Gasteiger partial charge >= 0.3 is 0 Å². The molecule has 28 heavy (non-hydrogen) atoms. The highest BCUT2D eigenvalue weighted by atomic mass is 35.5. The lowest BCUT2D eigenvalue weighted by atomic mass is 9.77. The highest BCUT2D eigenvalue weighted by molar-refractivity contribution is 7.91. The zero-order chi connectivity index (χ0) is 20.3. The number of benzene rings is 1. The van der Waals surface area contributed by atoms with Crippen molar-refractivity contribution in [1.82, 2.24) is 4.98 Å². The van der Waals surface area contributed by atoms with Crippen LogP contribution in [0.15, 0.2) is 41.4 Å². The summed E-state index contributed by atoms with van der Waals surface area (Å²) >= 11 is 12.1. The molecule has 0 saturated heterocycles. The van der Waals surface area contributed by atoms with Crippen LogP contribution in [0.4, 0.5) is 0 Å². The van der Waals surface area contributed by atoms with Crippen molar-refractivity contribution in [2.45, 2.75) is 37.5 Å². The molecule has 1 aliphatic rings. The second-order valence-electron chi connectivity index (χ2n) is 7.73. The highest BCUT2D eigenvalue weighted by Crippen LogP contribution is 2.35. The fourth-order valence-electron chi connectivity index (χ4n) is 3.93. The molecule has 0 bridgehead atoms. The van der Waals surface area contributed by atoms with Gasteiger partial charge in [-0.3, -0.25) is 4.98 Å². The Labute approximate surface area is 176 Å². The van der Waals surface area contributed by atoms with E-state index >= 15 is 0 Å². The van der Waals surface area contributed by atoms with E-state index in [2.05, 4.69) is 11.9 Å². The van der Waals surface area contributed by atoms with Crippen molar-refractivity contribution in [3.05, 3.63) is 46.6 Å². The first kappa shape index (κ1) is 21.6. The van der Waals surface area contributed by atoms with Crippen LogP contribution in [0.5, 0.6) is 0 Å². The summed E-state index contributed by atoms with van der Waals surface area (Å²) in [5.74, 6) is 1.14. The van der Waals surface area contributed by atoms with Crippen molar-refractivity contribution in [3.63, 3.8) is 0 Å². The average molecular weight is 442 g/mol. The molecule has 1 saturated carbocycles. The standard InChI is InChI=1S/C21H25Cl2NO3S/c1-14(12-25)16-4-2-15(3-5-16)13-28(26,27)19-8-6-17(7-9-19)21-20(23)10-18(22)11-24-21/h6-11,14-16,25H,2-5,12-13H2,1H3. The van der Waals surface area contributed by atoms with E-state index < -0.39 is 9.84 Å². The third-order valence-corrected chi connectivity index (χ3v) is 8.13. The van der Waals surface area contributed by atoms with Crippen LogP contribution in [0, 0.1) is 17.8 Å². The molecule has 4 nitrogen and oxygen atoms in total. The van der Waals surface area contributed by atoms with Gasteiger partial charge in [0.2, 0.25) is 0 Å². The van der Waals surface area contributed by atoms with E-state index in [0.29, 0.717) is 32.5 Å². The molecule has 152 valence electrons. The molecule has 7 heteroatoms. The molecule has 1 unspecified atom stereocenters. The summed E-state index contributed by atoms with van der Waals surface area (Å²) in [6, 6.07) is 8.32. The number of halogens is 2. The Bertz CT molecular complexity index is 908. The highest BCUT2D eigenvalue weighted by Gasteiger charge is 2.28. The van der Waals surface area contributed by atoms with Crippen molar-refractivity contribution in [2.75, 3.05) is 12.4 Å². The van der Waals surface area contributed by atoms with Gasteiger partial charge in [0.15, 0.2) is 9.84 Å². The van der Waals surface area contributed by atoms with Gasteiger partial charge in [-0.1, -0.05) is 42.3 Å². The van der Waals surface area contributed by atoms with Gasteiger partial charge in [-0.25, -0.2) is 8.42 Å². The number of aliphatic hydroxyl groups excluding tert-OH is 1. The molecule has 0 amide bonds. The maximum atomic E-state index is 12.8. The summed E-state index contributed by atoms with van der Waals surface area (Å²) in [4.78, 5) is 4.56. The minimum Gasteiger partial charge on any atom is -0.396 e. The Kier molecular flexibility index (Phi) is 7.02. The monoisotopic (exact) mass is 441 g/mol. The van der Waals surface area contributed by atoms with Crippen LogP contribution in [0.3, 0.4) is 0 Å². The second-order valence-corrected chi connectivity index (χ2v) is 10.6. The van der Waals surface area contributed by atoms with E-state index in [-0.39, 0.29) is 18.3 Å². The fourth-order valence-corrected chi connectivity index (χ4v) is 6.11. The molecule has 1 aliphatic carbocycles. The summed E-state index contributed by atoms with van der Waals surface area (Å²) in [7, 11) is -3.34. The normalized spacial score (nSPS) is 21.4. The van der Waals surface area contributed by atoms with E-state index in [0.717, 1.165) is 31.2 Å². The van der Waals surface area contributed by atoms with Gasteiger partial charge in [-0.05, 0) is 61.6 Å². The maximum Gasteiger partial charge on any atom is 0.178 e. The molecule has 1 atom stereocenters. The SMILES string of the molecule is CC(CO)C1CCC(CS(=O)(=O)c2ccc(-c3ncc(Cl)cc3Cl)cc2)CC1. The Morgan fingerprint density at radius 2 is 1.79 bits per heavy atom. The van der Waals surface area contributed by atoms with Crippen molar-refractivity contribution in [1.29, 1.82) is 0 Å². The van der Waals surface area contributed by atoms with Crippen LogP contribution in [0.25, 0.3) is 11.3 Å². The van der Waals surface area contributed by atoms with Gasteiger partial charge in [-0.15, -0.1) is 0 Å². The van der Waals surface area contributed by atoms with Crippen LogP contribution in [0.2, 0.25) is 10.0 Å². The first-order valence-corrected chi connectivity index (χ1v) is 12.0. The number of hydrogen-bond acceptors (Lipinski definition) is 4. The average Bonchev–Trinajstić information content (AvgIpc) is 2.68. The van der Waals surface area contributed by atoms with Crippen molar-refractivity contribution < 1.29 is 13.5 Å². The molecule has 1 fully saturated rings. The van der Waals surface area contributed by atoms with E-state index in [1.54, 1.807) is 30.3 Å². The first-order chi connectivity index (χ1) is 13.3. The number of aromatic nitrogens is 1. The number of hydrogen-bond donors (Lipinski definition) is 1. The van der Waals surface area contributed by atoms with E-state index in [4.69, 9.17) is 23.2 Å². The van der Waals surface area contributed by atoms with E-state index in [1.165, 1.54) is 6.20 Å². The largest absolute Gasteiger partial charge is 0.396 e. The summed E-state index contributed by atoms with van der Waals surface area (Å²) < 4.78 is 25.7. The topological polar surface area (TPSA) is 67.3 Å². The Hall–Kier alpha value is -1.14. The molecule has 1 N–H and O–H groups in total. The summed E-state index contributed by atoms with van der Waals surface area (Å²) in [6.07, 6.45) is 5.29. The lowest BCUT2D eigenvalue weighted by molar-refractivity contribution is 0.147. The zero-order valence-electron chi connectivity index (χ0n) is 15.8. The van der Waals surface area contributed by atoms with E-state index in [9.17, 15) is 13.5 Å². The van der Waals surface area contributed by atoms with Crippen LogP contribution in [0.1, 0.15) is 32.6 Å². The van der Waals surface area contributed by atoms with Crippen LogP contribution in [-0.2, 0) is 9.84 Å². The van der Waals surface area contributed by atoms with E-state index in [1.807, 2.05) is 0 Å². The number of aliphatic hydroxyl groups is 1. The van der Waals surface area contributed by atoms with Crippen LogP contribution in [-0.4, -0.2) is 30.9 Å². The lowest BCUT2D eigenvalue weighted by Gasteiger charge is -2.31. The fraction of sp³-hybridized carbons (Fsp3) is 0.476. The van der Waals surface area contributed by atoms with Crippen LogP contribution < -0.4 is 0 Å². The lowest BCUT2D eigenvalue weighted by Crippen LogP contribution is -2.26. The number of rotatable bonds is 6. The zero-order valence-corrected chi connectivity index (χ0v) is 18.1. The molecule has 1 heterocycles. The van der Waals surface area contributed by atoms with Gasteiger partial charge in [0, 0.05) is 18.4 Å². The molecule has 1 aromatic carbocycles. The predicted octanol–water partition coefficient (Wildman–Crippen LogP) is 5.26. The molecule has 3 rings (SSSR count). The minimum absolute atomic E-state index is 0.173. The Morgan fingerprint density at radius 1 is 1.14 bits per heavy atom. The summed E-state index contributed by atoms with van der Waals surface area (Å²) in [5, 5.41) is 10.2. The smallest absolute Gasteiger partial charge is 0.178 e. The Balaban J connectivity index is 1.67. The molecule has 0 radical (unpaired) electrons. The molecule has 1 aromatic heterocycles. The third-order valence-electron chi connectivity index (χ3n) is 5.73. The molecule has 2 aromatic rings. The number of sulfone groups is 1.